The Morgan fingerprint density at radius 1 is 0.857 bits per heavy atom. The first kappa shape index (κ1) is 26.9. The van der Waals surface area contributed by atoms with E-state index in [1.54, 1.807) is 55.7 Å². The van der Waals surface area contributed by atoms with Gasteiger partial charge in [-0.2, -0.15) is 10.2 Å². The van der Waals surface area contributed by atoms with Gasteiger partial charge in [-0.25, -0.2) is 4.98 Å². The van der Waals surface area contributed by atoms with Crippen molar-refractivity contribution in [2.75, 3.05) is 31.5 Å². The van der Waals surface area contributed by atoms with Gasteiger partial charge in [0.2, 0.25) is 5.91 Å². The van der Waals surface area contributed by atoms with E-state index in [1.807, 2.05) is 56.6 Å². The van der Waals surface area contributed by atoms with Crippen LogP contribution in [0.2, 0.25) is 0 Å². The van der Waals surface area contributed by atoms with Crippen molar-refractivity contribution in [2.45, 2.75) is 13.5 Å². The van der Waals surface area contributed by atoms with E-state index >= 15 is 0 Å². The molecule has 1 aliphatic rings. The number of fused-ring (bicyclic) bond motifs is 1. The molecule has 0 spiro atoms. The molecular weight excluding hydrogens is 532 g/mol. The van der Waals surface area contributed by atoms with Crippen LogP contribution in [0.4, 0.5) is 5.69 Å². The number of benzene rings is 2. The maximum Gasteiger partial charge on any atom is 0.274 e. The highest BCUT2D eigenvalue weighted by molar-refractivity contribution is 6.04. The number of carbonyl (C=O) groups excluding carboxylic acids is 3. The van der Waals surface area contributed by atoms with Crippen molar-refractivity contribution >= 4 is 34.3 Å². The molecule has 0 bridgehead atoms. The summed E-state index contributed by atoms with van der Waals surface area (Å²) in [6.45, 7) is 3.93. The number of nitrogens with zero attached hydrogens (tertiary/aromatic N) is 7. The van der Waals surface area contributed by atoms with Gasteiger partial charge in [-0.15, -0.1) is 0 Å². The van der Waals surface area contributed by atoms with Gasteiger partial charge in [-0.05, 0) is 49.4 Å². The SMILES string of the molecule is Cc1nn(C)cc1-c1cccc(C(=O)Nc2ccc3nn(CC(=O)N4CCN(C(=O)c5ccccc5)CC4)cc3c2)n1. The lowest BCUT2D eigenvalue weighted by molar-refractivity contribution is -0.133. The summed E-state index contributed by atoms with van der Waals surface area (Å²) in [4.78, 5) is 46.8. The molecule has 2 aromatic carbocycles. The van der Waals surface area contributed by atoms with E-state index in [-0.39, 0.29) is 24.3 Å². The average Bonchev–Trinajstić information content (AvgIpc) is 3.57. The topological polar surface area (TPSA) is 118 Å². The van der Waals surface area contributed by atoms with Gasteiger partial charge in [0.1, 0.15) is 12.2 Å². The molecule has 1 fully saturated rings. The van der Waals surface area contributed by atoms with Crippen LogP contribution in [0.1, 0.15) is 26.5 Å². The van der Waals surface area contributed by atoms with Gasteiger partial charge < -0.3 is 15.1 Å². The van der Waals surface area contributed by atoms with Crippen LogP contribution in [-0.4, -0.2) is 78.2 Å². The van der Waals surface area contributed by atoms with E-state index in [4.69, 9.17) is 0 Å². The number of pyridine rings is 1. The zero-order chi connectivity index (χ0) is 29.2. The van der Waals surface area contributed by atoms with E-state index < -0.39 is 0 Å². The minimum absolute atomic E-state index is 0.0176. The van der Waals surface area contributed by atoms with Crippen molar-refractivity contribution in [2.24, 2.45) is 7.05 Å². The molecule has 11 heteroatoms. The summed E-state index contributed by atoms with van der Waals surface area (Å²) < 4.78 is 3.33. The molecule has 4 heterocycles. The highest BCUT2D eigenvalue weighted by Crippen LogP contribution is 2.22. The molecule has 212 valence electrons. The van der Waals surface area contributed by atoms with E-state index in [1.165, 1.54) is 0 Å². The number of hydrogen-bond acceptors (Lipinski definition) is 6. The number of aryl methyl sites for hydroxylation is 2. The number of carbonyl (C=O) groups is 3. The van der Waals surface area contributed by atoms with Gasteiger partial charge in [0.05, 0.1) is 16.9 Å². The Morgan fingerprint density at radius 3 is 2.36 bits per heavy atom. The van der Waals surface area contributed by atoms with Crippen molar-refractivity contribution in [1.82, 2.24) is 34.3 Å². The Bertz CT molecular complexity index is 1780. The zero-order valence-corrected chi connectivity index (χ0v) is 23.4. The monoisotopic (exact) mass is 562 g/mol. The fourth-order valence-corrected chi connectivity index (χ4v) is 5.15. The molecule has 5 aromatic rings. The first-order valence-electron chi connectivity index (χ1n) is 13.7. The summed E-state index contributed by atoms with van der Waals surface area (Å²) in [5.74, 6) is -0.404. The molecule has 0 aliphatic carbocycles. The Morgan fingerprint density at radius 2 is 1.62 bits per heavy atom. The number of piperazine rings is 1. The van der Waals surface area contributed by atoms with Crippen LogP contribution in [0, 0.1) is 6.92 Å². The van der Waals surface area contributed by atoms with Crippen molar-refractivity contribution < 1.29 is 14.4 Å². The third-order valence-electron chi connectivity index (χ3n) is 7.32. The molecule has 0 saturated carbocycles. The number of anilines is 1. The molecule has 3 amide bonds. The molecule has 42 heavy (non-hydrogen) atoms. The zero-order valence-electron chi connectivity index (χ0n) is 23.4. The Labute approximate surface area is 242 Å². The first-order chi connectivity index (χ1) is 20.3. The van der Waals surface area contributed by atoms with Gasteiger partial charge in [0.15, 0.2) is 0 Å². The van der Waals surface area contributed by atoms with Crippen molar-refractivity contribution in [3.05, 3.63) is 96.1 Å². The third-order valence-corrected chi connectivity index (χ3v) is 7.32. The van der Waals surface area contributed by atoms with Crippen LogP contribution in [0.3, 0.4) is 0 Å². The minimum atomic E-state index is -0.329. The quantitative estimate of drug-likeness (QED) is 0.339. The molecule has 0 radical (unpaired) electrons. The summed E-state index contributed by atoms with van der Waals surface area (Å²) >= 11 is 0. The van der Waals surface area contributed by atoms with E-state index in [2.05, 4.69) is 20.5 Å². The van der Waals surface area contributed by atoms with E-state index in [0.717, 1.165) is 16.6 Å². The second-order valence-electron chi connectivity index (χ2n) is 10.3. The number of nitrogens with one attached hydrogen (secondary N) is 1. The number of rotatable bonds is 6. The van der Waals surface area contributed by atoms with Crippen LogP contribution in [0.25, 0.3) is 22.2 Å². The number of aromatic nitrogens is 5. The average molecular weight is 563 g/mol. The predicted octanol–water partition coefficient (Wildman–Crippen LogP) is 3.38. The highest BCUT2D eigenvalue weighted by Gasteiger charge is 2.25. The standard InChI is InChI=1S/C31H30N8O3/c1-21-25(19-36(2)34-21)27-9-6-10-28(33-27)30(41)32-24-11-12-26-23(17-24)18-39(35-26)20-29(40)37-13-15-38(16-14-37)31(42)22-7-4-3-5-8-22/h3-12,17-19H,13-16,20H2,1-2H3,(H,32,41). The largest absolute Gasteiger partial charge is 0.338 e. The molecule has 3 aromatic heterocycles. The Hall–Kier alpha value is -5.32. The summed E-state index contributed by atoms with van der Waals surface area (Å²) in [5, 5.41) is 12.6. The predicted molar refractivity (Wildman–Crippen MR) is 158 cm³/mol. The van der Waals surface area contributed by atoms with E-state index in [9.17, 15) is 14.4 Å². The molecule has 1 aliphatic heterocycles. The van der Waals surface area contributed by atoms with Crippen LogP contribution in [0.15, 0.2) is 79.1 Å². The lowest BCUT2D eigenvalue weighted by Crippen LogP contribution is -2.51. The second-order valence-corrected chi connectivity index (χ2v) is 10.3. The molecule has 1 saturated heterocycles. The van der Waals surface area contributed by atoms with Crippen LogP contribution in [0.5, 0.6) is 0 Å². The fraction of sp³-hybridized carbons (Fsp3) is 0.226. The highest BCUT2D eigenvalue weighted by atomic mass is 16.2. The second kappa shape index (κ2) is 11.3. The van der Waals surface area contributed by atoms with Gasteiger partial charge in [-0.1, -0.05) is 24.3 Å². The minimum Gasteiger partial charge on any atom is -0.338 e. The van der Waals surface area contributed by atoms with E-state index in [0.29, 0.717) is 54.3 Å². The molecule has 6 rings (SSSR count). The normalized spacial score (nSPS) is 13.4. The number of hydrogen-bond donors (Lipinski definition) is 1. The molecule has 1 N–H and O–H groups in total. The van der Waals surface area contributed by atoms with Crippen LogP contribution >= 0.6 is 0 Å². The fourth-order valence-electron chi connectivity index (χ4n) is 5.15. The number of amides is 3. The Kier molecular flexibility index (Phi) is 7.22. The molecule has 11 nitrogen and oxygen atoms in total. The maximum atomic E-state index is 13.0. The van der Waals surface area contributed by atoms with Gasteiger partial charge in [0, 0.05) is 67.8 Å². The molecular formula is C31H30N8O3. The lowest BCUT2D eigenvalue weighted by Gasteiger charge is -2.34. The molecule has 0 unspecified atom stereocenters. The van der Waals surface area contributed by atoms with Gasteiger partial charge >= 0.3 is 0 Å². The van der Waals surface area contributed by atoms with Crippen molar-refractivity contribution in [3.63, 3.8) is 0 Å². The van der Waals surface area contributed by atoms with Crippen molar-refractivity contribution in [1.29, 1.82) is 0 Å². The summed E-state index contributed by atoms with van der Waals surface area (Å²) in [6.07, 6.45) is 3.67. The smallest absolute Gasteiger partial charge is 0.274 e. The first-order valence-corrected chi connectivity index (χ1v) is 13.7. The third kappa shape index (κ3) is 5.62. The van der Waals surface area contributed by atoms with Crippen LogP contribution < -0.4 is 5.32 Å². The summed E-state index contributed by atoms with van der Waals surface area (Å²) in [5.41, 5.74) is 4.65. The lowest BCUT2D eigenvalue weighted by atomic mass is 10.1. The maximum absolute atomic E-state index is 13.0. The summed E-state index contributed by atoms with van der Waals surface area (Å²) in [6, 6.07) is 19.9. The Balaban J connectivity index is 1.07. The summed E-state index contributed by atoms with van der Waals surface area (Å²) in [7, 11) is 1.85. The van der Waals surface area contributed by atoms with Crippen LogP contribution in [-0.2, 0) is 18.4 Å². The van der Waals surface area contributed by atoms with Gasteiger partial charge in [0.25, 0.3) is 11.8 Å². The van der Waals surface area contributed by atoms with Gasteiger partial charge in [-0.3, -0.25) is 23.7 Å². The molecule has 0 atom stereocenters. The van der Waals surface area contributed by atoms with Crippen molar-refractivity contribution in [3.8, 4) is 11.3 Å².